The monoisotopic (exact) mass is 648 g/mol. The summed E-state index contributed by atoms with van der Waals surface area (Å²) in [5.41, 5.74) is 10.3. The van der Waals surface area contributed by atoms with Crippen molar-refractivity contribution in [1.29, 1.82) is 0 Å². The zero-order valence-corrected chi connectivity index (χ0v) is 26.3. The highest BCUT2D eigenvalue weighted by atomic mass is 35.5. The Labute approximate surface area is 261 Å². The van der Waals surface area contributed by atoms with Gasteiger partial charge in [0.15, 0.2) is 0 Å². The third-order valence-corrected chi connectivity index (χ3v) is 8.69. The summed E-state index contributed by atoms with van der Waals surface area (Å²) in [4.78, 5) is 3.97. The van der Waals surface area contributed by atoms with Gasteiger partial charge in [0.25, 0.3) is 0 Å². The largest absolute Gasteiger partial charge is 0.497 e. The number of rotatable bonds is 13. The summed E-state index contributed by atoms with van der Waals surface area (Å²) in [5.74, 6) is 0.432. The fourth-order valence-electron chi connectivity index (χ4n) is 5.17. The number of hydrogen-bond acceptors (Lipinski definition) is 6. The molecular formula is C29H40Cl3FN4O3S. The van der Waals surface area contributed by atoms with Crippen molar-refractivity contribution >= 4 is 47.2 Å². The van der Waals surface area contributed by atoms with Gasteiger partial charge in [0.2, 0.25) is 10.0 Å². The number of sulfonamides is 1. The fourth-order valence-corrected chi connectivity index (χ4v) is 6.32. The first-order valence-electron chi connectivity index (χ1n) is 13.2. The molecule has 2 aromatic carbocycles. The van der Waals surface area contributed by atoms with Crippen molar-refractivity contribution in [3.05, 3.63) is 89.5 Å². The molecule has 0 saturated heterocycles. The molecule has 228 valence electrons. The molecule has 0 saturated carbocycles. The molecule has 3 atom stereocenters. The Morgan fingerprint density at radius 3 is 2.59 bits per heavy atom. The predicted molar refractivity (Wildman–Crippen MR) is 169 cm³/mol. The second-order valence-corrected chi connectivity index (χ2v) is 11.6. The second-order valence-electron chi connectivity index (χ2n) is 9.87. The molecule has 3 unspecified atom stereocenters. The lowest BCUT2D eigenvalue weighted by Crippen LogP contribution is -2.44. The minimum atomic E-state index is -3.86. The van der Waals surface area contributed by atoms with Gasteiger partial charge in [-0.25, -0.2) is 17.5 Å². The molecule has 0 fully saturated rings. The van der Waals surface area contributed by atoms with Gasteiger partial charge in [-0.1, -0.05) is 30.7 Å². The Balaban J connectivity index is 0.00000280. The van der Waals surface area contributed by atoms with E-state index in [1.165, 1.54) is 34.9 Å². The van der Waals surface area contributed by atoms with Crippen molar-refractivity contribution in [2.75, 3.05) is 20.2 Å². The minimum absolute atomic E-state index is 0. The third-order valence-electron chi connectivity index (χ3n) is 7.20. The number of nitrogens with two attached hydrogens (primary N) is 1. The van der Waals surface area contributed by atoms with Crippen LogP contribution in [0.3, 0.4) is 0 Å². The summed E-state index contributed by atoms with van der Waals surface area (Å²) in [6.45, 7) is 0.924. The Morgan fingerprint density at radius 1 is 1.10 bits per heavy atom. The van der Waals surface area contributed by atoms with E-state index < -0.39 is 15.8 Å². The molecule has 3 aromatic rings. The summed E-state index contributed by atoms with van der Waals surface area (Å²) in [7, 11) is -2.16. The van der Waals surface area contributed by atoms with E-state index in [-0.39, 0.29) is 60.7 Å². The number of ether oxygens (including phenoxy) is 1. The summed E-state index contributed by atoms with van der Waals surface area (Å²) in [6.07, 6.45) is 8.77. The lowest BCUT2D eigenvalue weighted by atomic mass is 9.76. The molecule has 0 radical (unpaired) electrons. The van der Waals surface area contributed by atoms with Crippen LogP contribution in [0.2, 0.25) is 0 Å². The molecule has 1 heterocycles. The van der Waals surface area contributed by atoms with E-state index in [0.717, 1.165) is 43.9 Å². The van der Waals surface area contributed by atoms with Crippen LogP contribution in [0.15, 0.2) is 71.9 Å². The number of halogens is 4. The number of nitrogens with one attached hydrogen (secondary N) is 2. The van der Waals surface area contributed by atoms with Crippen molar-refractivity contribution in [3.8, 4) is 5.75 Å². The zero-order valence-electron chi connectivity index (χ0n) is 23.0. The van der Waals surface area contributed by atoms with Crippen LogP contribution in [0.1, 0.15) is 48.3 Å². The third kappa shape index (κ3) is 10.4. The molecule has 41 heavy (non-hydrogen) atoms. The Hall–Kier alpha value is -1.98. The molecule has 0 amide bonds. The number of hydrogen-bond donors (Lipinski definition) is 3. The van der Waals surface area contributed by atoms with Gasteiger partial charge < -0.3 is 15.8 Å². The van der Waals surface area contributed by atoms with Gasteiger partial charge in [-0.05, 0) is 79.1 Å². The smallest absolute Gasteiger partial charge is 0.243 e. The fraction of sp³-hybridized carbons (Fsp3) is 0.414. The highest BCUT2D eigenvalue weighted by Gasteiger charge is 2.30. The lowest BCUT2D eigenvalue weighted by molar-refractivity contribution is 0.365. The van der Waals surface area contributed by atoms with Gasteiger partial charge in [0.05, 0.1) is 7.11 Å². The number of aryl methyl sites for hydroxylation is 1. The van der Waals surface area contributed by atoms with Gasteiger partial charge >= 0.3 is 0 Å². The van der Waals surface area contributed by atoms with Gasteiger partial charge in [-0.15, -0.1) is 37.2 Å². The molecule has 0 bridgehead atoms. The molecule has 1 aliphatic rings. The summed E-state index contributed by atoms with van der Waals surface area (Å²) in [5, 5.41) is 3.72. The Morgan fingerprint density at radius 2 is 1.88 bits per heavy atom. The number of pyridine rings is 1. The van der Waals surface area contributed by atoms with E-state index in [1.807, 2.05) is 18.3 Å². The zero-order chi connectivity index (χ0) is 27.0. The first-order valence-corrected chi connectivity index (χ1v) is 14.6. The van der Waals surface area contributed by atoms with Crippen molar-refractivity contribution in [3.63, 3.8) is 0 Å². The van der Waals surface area contributed by atoms with E-state index in [9.17, 15) is 12.8 Å². The van der Waals surface area contributed by atoms with Gasteiger partial charge in [0.1, 0.15) is 16.5 Å². The van der Waals surface area contributed by atoms with Gasteiger partial charge in [0, 0.05) is 43.5 Å². The van der Waals surface area contributed by atoms with E-state index in [2.05, 4.69) is 33.2 Å². The van der Waals surface area contributed by atoms with Crippen molar-refractivity contribution in [2.45, 2.75) is 61.4 Å². The van der Waals surface area contributed by atoms with Crippen molar-refractivity contribution in [1.82, 2.24) is 15.0 Å². The first kappa shape index (κ1) is 37.0. The van der Waals surface area contributed by atoms with Crippen LogP contribution in [0.5, 0.6) is 5.75 Å². The van der Waals surface area contributed by atoms with Crippen molar-refractivity contribution in [2.24, 2.45) is 5.73 Å². The molecule has 1 aliphatic carbocycles. The van der Waals surface area contributed by atoms with Gasteiger partial charge in [-0.2, -0.15) is 0 Å². The van der Waals surface area contributed by atoms with Crippen LogP contribution < -0.4 is 20.5 Å². The predicted octanol–water partition coefficient (Wildman–Crippen LogP) is 5.20. The molecule has 12 heteroatoms. The van der Waals surface area contributed by atoms with Crippen LogP contribution in [-0.4, -0.2) is 45.7 Å². The van der Waals surface area contributed by atoms with E-state index in [0.29, 0.717) is 18.9 Å². The van der Waals surface area contributed by atoms with Gasteiger partial charge in [-0.3, -0.25) is 4.98 Å². The molecule has 0 spiro atoms. The minimum Gasteiger partial charge on any atom is -0.497 e. The normalized spacial score (nSPS) is 16.8. The molecule has 1 aromatic heterocycles. The quantitative estimate of drug-likeness (QED) is 0.220. The van der Waals surface area contributed by atoms with Crippen LogP contribution in [0.25, 0.3) is 0 Å². The standard InChI is InChI=1S/C29H37FN4O3S.3ClH/c1-37-24-12-13-25-22(18-24)11-14-28(26(25)17-21-7-6-15-32-19-21)33-20-23(31)8-4-5-16-34-38(35,36)29-10-3-2-9-27(29)30;;;/h2-3,6-7,9-10,12-13,15,18-19,23,26,28,33-34H,4-5,8,11,14,16-17,20,31H2,1H3;3*1H. The molecule has 7 nitrogen and oxygen atoms in total. The number of benzene rings is 2. The van der Waals surface area contributed by atoms with Crippen LogP contribution in [-0.2, 0) is 22.9 Å². The summed E-state index contributed by atoms with van der Waals surface area (Å²) < 4.78 is 46.4. The van der Waals surface area contributed by atoms with E-state index in [4.69, 9.17) is 10.5 Å². The SMILES string of the molecule is COc1ccc2c(c1)CCC(NCC(N)CCCCNS(=O)(=O)c1ccccc1F)C2Cc1cccnc1.Cl.Cl.Cl. The Bertz CT molecular complexity index is 1310. The number of aromatic nitrogens is 1. The number of methoxy groups -OCH3 is 1. The van der Waals surface area contributed by atoms with Crippen molar-refractivity contribution < 1.29 is 17.5 Å². The molecular weight excluding hydrogens is 610 g/mol. The maximum atomic E-state index is 13.8. The summed E-state index contributed by atoms with van der Waals surface area (Å²) >= 11 is 0. The molecule has 4 N–H and O–H groups in total. The van der Waals surface area contributed by atoms with Crippen LogP contribution >= 0.6 is 37.2 Å². The highest BCUT2D eigenvalue weighted by Crippen LogP contribution is 2.36. The topological polar surface area (TPSA) is 106 Å². The molecule has 0 aliphatic heterocycles. The van der Waals surface area contributed by atoms with Crippen LogP contribution in [0, 0.1) is 5.82 Å². The lowest BCUT2D eigenvalue weighted by Gasteiger charge is -2.35. The highest BCUT2D eigenvalue weighted by molar-refractivity contribution is 7.89. The average Bonchev–Trinajstić information content (AvgIpc) is 2.92. The van der Waals surface area contributed by atoms with E-state index in [1.54, 1.807) is 13.3 Å². The number of fused-ring (bicyclic) bond motifs is 1. The first-order chi connectivity index (χ1) is 18.4. The number of nitrogens with zero attached hydrogens (tertiary/aromatic N) is 1. The van der Waals surface area contributed by atoms with E-state index >= 15 is 0 Å². The average molecular weight is 650 g/mol. The second kappa shape index (κ2) is 17.9. The number of unbranched alkanes of at least 4 members (excludes halogenated alkanes) is 1. The summed E-state index contributed by atoms with van der Waals surface area (Å²) in [6, 6.07) is 16.1. The molecule has 4 rings (SSSR count). The maximum Gasteiger partial charge on any atom is 0.243 e. The van der Waals surface area contributed by atoms with Crippen LogP contribution in [0.4, 0.5) is 4.39 Å². The maximum absolute atomic E-state index is 13.8. The Kier molecular flexibility index (Phi) is 16.1.